The monoisotopic (exact) mass is 181 g/mol. The van der Waals surface area contributed by atoms with Crippen molar-refractivity contribution in [2.45, 2.75) is 6.92 Å². The summed E-state index contributed by atoms with van der Waals surface area (Å²) in [4.78, 5) is 0. The van der Waals surface area contributed by atoms with E-state index in [9.17, 15) is 4.57 Å². The summed E-state index contributed by atoms with van der Waals surface area (Å²) in [5.74, 6) is 0. The average Bonchev–Trinajstić information content (AvgIpc) is 2.04. The zero-order valence-corrected chi connectivity index (χ0v) is 7.67. The fourth-order valence-electron chi connectivity index (χ4n) is 0.516. The molecule has 0 aromatic carbocycles. The Morgan fingerprint density at radius 2 is 2.00 bits per heavy atom. The van der Waals surface area contributed by atoms with E-state index < -0.39 is 7.60 Å². The molecule has 0 saturated heterocycles. The van der Waals surface area contributed by atoms with Gasteiger partial charge in [-0.15, -0.1) is 0 Å². The van der Waals surface area contributed by atoms with Crippen molar-refractivity contribution in [3.8, 4) is 0 Å². The van der Waals surface area contributed by atoms with E-state index >= 15 is 0 Å². The van der Waals surface area contributed by atoms with Crippen molar-refractivity contribution in [3.63, 3.8) is 0 Å². The van der Waals surface area contributed by atoms with E-state index in [2.05, 4.69) is 14.2 Å². The molecule has 0 bridgehead atoms. The highest BCUT2D eigenvalue weighted by Crippen LogP contribution is 2.45. The first kappa shape index (κ1) is 10.6. The summed E-state index contributed by atoms with van der Waals surface area (Å²) >= 11 is 0. The van der Waals surface area contributed by atoms with Crippen LogP contribution in [0.25, 0.3) is 0 Å². The summed E-state index contributed by atoms with van der Waals surface area (Å²) in [5.41, 5.74) is 0.317. The summed E-state index contributed by atoms with van der Waals surface area (Å²) in [7, 11) is -0.471. The van der Waals surface area contributed by atoms with Crippen LogP contribution >= 0.6 is 7.60 Å². The maximum atomic E-state index is 11.3. The summed E-state index contributed by atoms with van der Waals surface area (Å²) in [6.45, 7) is 1.53. The number of hydrogen-bond donors (Lipinski definition) is 1. The molecule has 0 spiro atoms. The van der Waals surface area contributed by atoms with Gasteiger partial charge >= 0.3 is 7.60 Å². The van der Waals surface area contributed by atoms with Gasteiger partial charge in [0.05, 0.1) is 11.9 Å². The molecular weight excluding hydrogens is 169 g/mol. The normalized spacial score (nSPS) is 13.5. The molecule has 0 aliphatic carbocycles. The summed E-state index contributed by atoms with van der Waals surface area (Å²) in [5, 5.41) is 11.1. The molecule has 1 N–H and O–H groups in total. The molecule has 0 aromatic heterocycles. The molecule has 0 aromatic rings. The zero-order chi connectivity index (χ0) is 8.91. The summed E-state index contributed by atoms with van der Waals surface area (Å²) in [6.07, 6.45) is 0.0104. The van der Waals surface area contributed by atoms with Gasteiger partial charge in [0, 0.05) is 14.2 Å². The molecule has 66 valence electrons. The molecule has 0 saturated carbocycles. The Morgan fingerprint density at radius 3 is 2.27 bits per heavy atom. The Morgan fingerprint density at radius 1 is 1.55 bits per heavy atom. The lowest BCUT2D eigenvalue weighted by Crippen LogP contribution is -2.03. The van der Waals surface area contributed by atoms with E-state index in [1.807, 2.05) is 0 Å². The molecule has 0 fully saturated rings. The molecule has 0 atom stereocenters. The van der Waals surface area contributed by atoms with Gasteiger partial charge in [-0.05, 0) is 6.92 Å². The minimum absolute atomic E-state index is 0.0104. The highest BCUT2D eigenvalue weighted by atomic mass is 31.2. The lowest BCUT2D eigenvalue weighted by Gasteiger charge is -2.11. The maximum absolute atomic E-state index is 11.3. The number of nitrogens with zero attached hydrogens (tertiary/aromatic N) is 1. The van der Waals surface area contributed by atoms with Gasteiger partial charge < -0.3 is 14.3 Å². The Hall–Kier alpha value is -0.380. The molecule has 0 rings (SSSR count). The van der Waals surface area contributed by atoms with Crippen LogP contribution in [-0.2, 0) is 13.6 Å². The highest BCUT2D eigenvalue weighted by molar-refractivity contribution is 7.54. The van der Waals surface area contributed by atoms with E-state index in [0.717, 1.165) is 0 Å². The molecule has 0 unspecified atom stereocenters. The van der Waals surface area contributed by atoms with Gasteiger partial charge in [0.2, 0.25) is 0 Å². The van der Waals surface area contributed by atoms with E-state index in [1.54, 1.807) is 0 Å². The zero-order valence-electron chi connectivity index (χ0n) is 6.77. The van der Waals surface area contributed by atoms with Gasteiger partial charge in [0.25, 0.3) is 0 Å². The van der Waals surface area contributed by atoms with Gasteiger partial charge in [0.15, 0.2) is 0 Å². The van der Waals surface area contributed by atoms with Crippen molar-refractivity contribution in [2.75, 3.05) is 20.4 Å². The topological polar surface area (TPSA) is 68.1 Å². The van der Waals surface area contributed by atoms with Gasteiger partial charge in [0.1, 0.15) is 0 Å². The third-order valence-corrected chi connectivity index (χ3v) is 3.11. The molecule has 0 aliphatic heterocycles. The van der Waals surface area contributed by atoms with Gasteiger partial charge in [-0.25, -0.2) is 0 Å². The second kappa shape index (κ2) is 4.49. The summed E-state index contributed by atoms with van der Waals surface area (Å²) < 4.78 is 20.5. The standard InChI is InChI=1S/C5H12NO4P/c1-5(6-7)4-11(8,9-2)10-3/h7H,4H2,1-3H3. The minimum atomic E-state index is -3.04. The third-order valence-electron chi connectivity index (χ3n) is 1.15. The van der Waals surface area contributed by atoms with Crippen LogP contribution in [0.5, 0.6) is 0 Å². The van der Waals surface area contributed by atoms with Gasteiger partial charge in [-0.1, -0.05) is 5.16 Å². The van der Waals surface area contributed by atoms with Crippen molar-refractivity contribution in [1.29, 1.82) is 0 Å². The van der Waals surface area contributed by atoms with Crippen molar-refractivity contribution < 1.29 is 18.8 Å². The molecule has 0 radical (unpaired) electrons. The van der Waals surface area contributed by atoms with Crippen LogP contribution in [0.2, 0.25) is 0 Å². The Balaban J connectivity index is 4.20. The van der Waals surface area contributed by atoms with Gasteiger partial charge in [-0.2, -0.15) is 0 Å². The summed E-state index contributed by atoms with van der Waals surface area (Å²) in [6, 6.07) is 0. The predicted octanol–water partition coefficient (Wildman–Crippen LogP) is 1.32. The van der Waals surface area contributed by atoms with Crippen LogP contribution in [0.3, 0.4) is 0 Å². The first-order valence-corrected chi connectivity index (χ1v) is 4.69. The fraction of sp³-hybridized carbons (Fsp3) is 0.800. The minimum Gasteiger partial charge on any atom is -0.411 e. The molecule has 0 amide bonds. The number of oxime groups is 1. The van der Waals surface area contributed by atoms with Crippen LogP contribution in [0.1, 0.15) is 6.92 Å². The molecule has 0 heterocycles. The van der Waals surface area contributed by atoms with Crippen LogP contribution in [-0.4, -0.2) is 31.3 Å². The Kier molecular flexibility index (Phi) is 4.33. The third kappa shape index (κ3) is 3.51. The quantitative estimate of drug-likeness (QED) is 0.307. The first-order valence-electron chi connectivity index (χ1n) is 2.96. The highest BCUT2D eigenvalue weighted by Gasteiger charge is 2.22. The maximum Gasteiger partial charge on any atom is 0.335 e. The lowest BCUT2D eigenvalue weighted by atomic mass is 10.5. The number of rotatable bonds is 4. The second-order valence-corrected chi connectivity index (χ2v) is 4.24. The SMILES string of the molecule is COP(=O)(CC(C)=NO)OC. The predicted molar refractivity (Wildman–Crippen MR) is 41.4 cm³/mol. The molecule has 5 nitrogen and oxygen atoms in total. The van der Waals surface area contributed by atoms with Crippen LogP contribution in [0, 0.1) is 0 Å². The van der Waals surface area contributed by atoms with E-state index in [-0.39, 0.29) is 6.16 Å². The Labute approximate surface area is 65.5 Å². The van der Waals surface area contributed by atoms with E-state index in [4.69, 9.17) is 5.21 Å². The van der Waals surface area contributed by atoms with E-state index in [0.29, 0.717) is 5.71 Å². The van der Waals surface area contributed by atoms with Crippen molar-refractivity contribution in [3.05, 3.63) is 0 Å². The first-order chi connectivity index (χ1) is 5.08. The smallest absolute Gasteiger partial charge is 0.335 e. The second-order valence-electron chi connectivity index (χ2n) is 1.97. The number of hydrogen-bond acceptors (Lipinski definition) is 5. The van der Waals surface area contributed by atoms with E-state index in [1.165, 1.54) is 21.1 Å². The molecule has 6 heteroatoms. The van der Waals surface area contributed by atoms with Crippen LogP contribution in [0.4, 0.5) is 0 Å². The fourth-order valence-corrected chi connectivity index (χ4v) is 1.55. The van der Waals surface area contributed by atoms with Gasteiger partial charge in [-0.3, -0.25) is 4.57 Å². The van der Waals surface area contributed by atoms with Crippen LogP contribution < -0.4 is 0 Å². The van der Waals surface area contributed by atoms with Crippen molar-refractivity contribution >= 4 is 13.3 Å². The van der Waals surface area contributed by atoms with Crippen LogP contribution in [0.15, 0.2) is 5.16 Å². The largest absolute Gasteiger partial charge is 0.411 e. The lowest BCUT2D eigenvalue weighted by molar-refractivity contribution is 0.278. The Bertz CT molecular complexity index is 183. The average molecular weight is 181 g/mol. The molecule has 0 aliphatic rings. The van der Waals surface area contributed by atoms with Crippen molar-refractivity contribution in [1.82, 2.24) is 0 Å². The molecular formula is C5H12NO4P. The van der Waals surface area contributed by atoms with Crippen molar-refractivity contribution in [2.24, 2.45) is 5.16 Å². The molecule has 11 heavy (non-hydrogen) atoms.